The second-order valence-electron chi connectivity index (χ2n) is 11.9. The molecule has 2 aliphatic heterocycles. The minimum absolute atomic E-state index is 0.0831. The predicted molar refractivity (Wildman–Crippen MR) is 136 cm³/mol. The molecule has 1 aromatic carbocycles. The van der Waals surface area contributed by atoms with Gasteiger partial charge in [0.1, 0.15) is 0 Å². The average Bonchev–Trinajstić information content (AvgIpc) is 3.61. The quantitative estimate of drug-likeness (QED) is 0.476. The molecular weight excluding hydrogens is 418 g/mol. The van der Waals surface area contributed by atoms with Crippen LogP contribution in [-0.4, -0.2) is 31.1 Å². The molecule has 0 aromatic heterocycles. The van der Waals surface area contributed by atoms with E-state index in [1.165, 1.54) is 55.6 Å². The number of ether oxygens (including phenoxy) is 1. The maximum absolute atomic E-state index is 12.3. The number of anilines is 1. The van der Waals surface area contributed by atoms with Gasteiger partial charge in [-0.3, -0.25) is 4.79 Å². The van der Waals surface area contributed by atoms with E-state index in [0.29, 0.717) is 30.0 Å². The summed E-state index contributed by atoms with van der Waals surface area (Å²) >= 11 is 0. The van der Waals surface area contributed by atoms with E-state index in [1.807, 2.05) is 6.08 Å². The zero-order chi connectivity index (χ0) is 22.9. The highest BCUT2D eigenvalue weighted by Gasteiger charge is 2.63. The molecule has 2 heterocycles. The molecule has 1 saturated heterocycles. The molecule has 178 valence electrons. The molecule has 0 N–H and O–H groups in total. The fourth-order valence-corrected chi connectivity index (χ4v) is 8.87. The van der Waals surface area contributed by atoms with Crippen molar-refractivity contribution in [2.45, 2.75) is 76.2 Å². The highest BCUT2D eigenvalue weighted by molar-refractivity contribution is 5.93. The molecule has 3 nitrogen and oxygen atoms in total. The molecular formula is C31H37NO2. The van der Waals surface area contributed by atoms with Gasteiger partial charge in [0.15, 0.2) is 5.78 Å². The molecule has 7 rings (SSSR count). The van der Waals surface area contributed by atoms with Crippen molar-refractivity contribution in [1.29, 1.82) is 0 Å². The summed E-state index contributed by atoms with van der Waals surface area (Å²) in [5, 5.41) is 0. The summed E-state index contributed by atoms with van der Waals surface area (Å²) < 4.78 is 6.56. The monoisotopic (exact) mass is 455 g/mol. The van der Waals surface area contributed by atoms with E-state index in [1.54, 1.807) is 11.1 Å². The molecule has 6 aliphatic rings. The Bertz CT molecular complexity index is 1100. The highest BCUT2D eigenvalue weighted by atomic mass is 16.5. The van der Waals surface area contributed by atoms with Crippen LogP contribution in [0.25, 0.3) is 0 Å². The Morgan fingerprint density at radius 3 is 2.62 bits per heavy atom. The van der Waals surface area contributed by atoms with Crippen LogP contribution in [0.2, 0.25) is 0 Å². The molecule has 3 fully saturated rings. The fraction of sp³-hybridized carbons (Fsp3) is 0.581. The van der Waals surface area contributed by atoms with Crippen LogP contribution < -0.4 is 4.90 Å². The third-order valence-electron chi connectivity index (χ3n) is 10.5. The summed E-state index contributed by atoms with van der Waals surface area (Å²) in [4.78, 5) is 14.8. The van der Waals surface area contributed by atoms with Crippen LogP contribution in [0.5, 0.6) is 0 Å². The lowest BCUT2D eigenvalue weighted by molar-refractivity contribution is -0.114. The summed E-state index contributed by atoms with van der Waals surface area (Å²) in [6, 6.07) is 9.59. The molecule has 0 radical (unpaired) electrons. The smallest absolute Gasteiger partial charge is 0.156 e. The van der Waals surface area contributed by atoms with Gasteiger partial charge >= 0.3 is 0 Å². The third kappa shape index (κ3) is 2.95. The molecule has 34 heavy (non-hydrogen) atoms. The molecule has 4 aliphatic carbocycles. The predicted octanol–water partition coefficient (Wildman–Crippen LogP) is 6.51. The maximum atomic E-state index is 12.3. The van der Waals surface area contributed by atoms with Crippen LogP contribution in [0.3, 0.4) is 0 Å². The Morgan fingerprint density at radius 2 is 1.85 bits per heavy atom. The van der Waals surface area contributed by atoms with E-state index in [4.69, 9.17) is 4.74 Å². The lowest BCUT2D eigenvalue weighted by Gasteiger charge is -2.54. The van der Waals surface area contributed by atoms with Crippen LogP contribution in [-0.2, 0) is 9.53 Å². The van der Waals surface area contributed by atoms with Crippen LogP contribution in [0, 0.1) is 17.3 Å². The second-order valence-corrected chi connectivity index (χ2v) is 11.9. The average molecular weight is 456 g/mol. The van der Waals surface area contributed by atoms with Crippen LogP contribution in [0.15, 0.2) is 59.2 Å². The Balaban J connectivity index is 1.34. The molecule has 5 atom stereocenters. The molecule has 0 bridgehead atoms. The van der Waals surface area contributed by atoms with Crippen molar-refractivity contribution in [3.8, 4) is 0 Å². The van der Waals surface area contributed by atoms with E-state index in [-0.39, 0.29) is 11.0 Å². The van der Waals surface area contributed by atoms with E-state index < -0.39 is 0 Å². The van der Waals surface area contributed by atoms with Crippen LogP contribution in [0.4, 0.5) is 5.69 Å². The van der Waals surface area contributed by atoms with Crippen molar-refractivity contribution in [2.24, 2.45) is 17.3 Å². The van der Waals surface area contributed by atoms with Crippen molar-refractivity contribution in [2.75, 3.05) is 24.6 Å². The summed E-state index contributed by atoms with van der Waals surface area (Å²) in [5.74, 6) is 2.06. The lowest BCUT2D eigenvalue weighted by atomic mass is 9.51. The topological polar surface area (TPSA) is 29.5 Å². The molecule has 1 spiro atoms. The largest absolute Gasteiger partial charge is 0.372 e. The summed E-state index contributed by atoms with van der Waals surface area (Å²) in [6.07, 6.45) is 16.8. The number of rotatable bonds is 2. The van der Waals surface area contributed by atoms with Gasteiger partial charge < -0.3 is 9.64 Å². The first-order valence-corrected chi connectivity index (χ1v) is 13.7. The molecule has 1 aromatic rings. The number of hydrogen-bond acceptors (Lipinski definition) is 3. The zero-order valence-electron chi connectivity index (χ0n) is 20.5. The van der Waals surface area contributed by atoms with Gasteiger partial charge in [-0.05, 0) is 98.1 Å². The van der Waals surface area contributed by atoms with E-state index in [2.05, 4.69) is 48.2 Å². The van der Waals surface area contributed by atoms with Gasteiger partial charge in [0, 0.05) is 36.5 Å². The molecule has 2 saturated carbocycles. The van der Waals surface area contributed by atoms with Gasteiger partial charge in [0.25, 0.3) is 0 Å². The lowest BCUT2D eigenvalue weighted by Crippen LogP contribution is -2.51. The first-order valence-electron chi connectivity index (χ1n) is 13.7. The SMILES string of the molecule is C[C@]12C[C@H](c3ccc(N4CCCC4)cc3)C3=C4CCC(=O)C=C4CC[C@H]3[C@@H]1CCC21C=CCO1. The van der Waals surface area contributed by atoms with E-state index in [9.17, 15) is 4.79 Å². The van der Waals surface area contributed by atoms with Crippen molar-refractivity contribution in [3.63, 3.8) is 0 Å². The maximum Gasteiger partial charge on any atom is 0.156 e. The Kier molecular flexibility index (Phi) is 4.79. The standard InChI is InChI=1S/C31H37NO2/c1-30-20-27(21-5-8-23(9-6-21)32-16-2-3-17-32)29-25-12-10-24(33)19-22(25)7-11-26(29)28(30)13-15-31(30)14-4-18-34-31/h4-6,8-9,14,19,26-28H,2-3,7,10-13,15-18,20H2,1H3/t26-,27+,28-,30-,31?/m0/s1. The molecule has 1 unspecified atom stereocenters. The zero-order valence-corrected chi connectivity index (χ0v) is 20.5. The minimum Gasteiger partial charge on any atom is -0.372 e. The Hall–Kier alpha value is -2.13. The number of carbonyl (C=O) groups is 1. The van der Waals surface area contributed by atoms with Gasteiger partial charge in [0.2, 0.25) is 0 Å². The van der Waals surface area contributed by atoms with Gasteiger partial charge in [0.05, 0.1) is 12.2 Å². The molecule has 0 amide bonds. The van der Waals surface area contributed by atoms with Crippen LogP contribution >= 0.6 is 0 Å². The highest BCUT2D eigenvalue weighted by Crippen LogP contribution is 2.68. The van der Waals surface area contributed by atoms with E-state index >= 15 is 0 Å². The number of allylic oxidation sites excluding steroid dienone is 4. The van der Waals surface area contributed by atoms with Crippen molar-refractivity contribution >= 4 is 11.5 Å². The number of carbonyl (C=O) groups excluding carboxylic acids is 1. The number of fused-ring (bicyclic) bond motifs is 5. The number of nitrogens with zero attached hydrogens (tertiary/aromatic N) is 1. The number of ketones is 1. The van der Waals surface area contributed by atoms with Gasteiger partial charge in [-0.25, -0.2) is 0 Å². The van der Waals surface area contributed by atoms with Crippen molar-refractivity contribution in [1.82, 2.24) is 0 Å². The third-order valence-corrected chi connectivity index (χ3v) is 10.5. The van der Waals surface area contributed by atoms with E-state index in [0.717, 1.165) is 32.3 Å². The Morgan fingerprint density at radius 1 is 1.03 bits per heavy atom. The summed E-state index contributed by atoms with van der Waals surface area (Å²) in [6.45, 7) is 5.69. The summed E-state index contributed by atoms with van der Waals surface area (Å²) in [5.41, 5.74) is 7.53. The molecule has 3 heteroatoms. The van der Waals surface area contributed by atoms with Crippen molar-refractivity contribution in [3.05, 3.63) is 64.8 Å². The van der Waals surface area contributed by atoms with Crippen molar-refractivity contribution < 1.29 is 9.53 Å². The first-order chi connectivity index (χ1) is 16.6. The summed E-state index contributed by atoms with van der Waals surface area (Å²) in [7, 11) is 0. The van der Waals surface area contributed by atoms with Gasteiger partial charge in [-0.15, -0.1) is 0 Å². The fourth-order valence-electron chi connectivity index (χ4n) is 8.87. The van der Waals surface area contributed by atoms with Gasteiger partial charge in [-0.2, -0.15) is 0 Å². The second kappa shape index (κ2) is 7.68. The van der Waals surface area contributed by atoms with Gasteiger partial charge in [-0.1, -0.05) is 36.8 Å². The number of hydrogen-bond donors (Lipinski definition) is 0. The number of benzene rings is 1. The normalized spacial score (nSPS) is 38.9. The Labute approximate surface area is 203 Å². The minimum atomic E-state index is -0.0831. The first kappa shape index (κ1) is 21.2. The van der Waals surface area contributed by atoms with Crippen LogP contribution in [0.1, 0.15) is 76.2 Å².